The molecule has 0 aliphatic carbocycles. The number of hydrogen-bond acceptors (Lipinski definition) is 2. The Morgan fingerprint density at radius 3 is 2.65 bits per heavy atom. The average Bonchev–Trinajstić information content (AvgIpc) is 2.81. The summed E-state index contributed by atoms with van der Waals surface area (Å²) in [6.45, 7) is 4.66. The maximum atomic E-state index is 12.2. The van der Waals surface area contributed by atoms with Gasteiger partial charge < -0.3 is 15.3 Å². The van der Waals surface area contributed by atoms with Crippen LogP contribution in [-0.2, 0) is 11.2 Å². The van der Waals surface area contributed by atoms with Crippen LogP contribution in [-0.4, -0.2) is 35.1 Å². The van der Waals surface area contributed by atoms with Crippen molar-refractivity contribution in [1.82, 2.24) is 4.90 Å². The van der Waals surface area contributed by atoms with Crippen molar-refractivity contribution >= 4 is 17.7 Å². The molecular weight excluding hydrogens is 256 g/mol. The Morgan fingerprint density at radius 2 is 2.05 bits per heavy atom. The van der Waals surface area contributed by atoms with E-state index < -0.39 is 11.9 Å². The van der Waals surface area contributed by atoms with Gasteiger partial charge in [-0.05, 0) is 24.0 Å². The summed E-state index contributed by atoms with van der Waals surface area (Å²) in [5.74, 6) is -1.32. The number of carbonyl (C=O) groups excluding carboxylic acids is 1. The summed E-state index contributed by atoms with van der Waals surface area (Å²) >= 11 is 0. The summed E-state index contributed by atoms with van der Waals surface area (Å²) < 4.78 is 0. The van der Waals surface area contributed by atoms with E-state index >= 15 is 0 Å². The highest BCUT2D eigenvalue weighted by atomic mass is 16.4. The lowest BCUT2D eigenvalue weighted by atomic mass is 9.99. The van der Waals surface area contributed by atoms with E-state index in [2.05, 4.69) is 5.32 Å². The number of aryl methyl sites for hydroxylation is 1. The number of rotatable bonds is 3. The van der Waals surface area contributed by atoms with Crippen LogP contribution in [0.1, 0.15) is 19.4 Å². The molecule has 0 bridgehead atoms. The fourth-order valence-corrected chi connectivity index (χ4v) is 2.60. The summed E-state index contributed by atoms with van der Waals surface area (Å²) in [5.41, 5.74) is 1.87. The SMILES string of the molecule is CCc1ccccc1NC(=O)N1CC(C)C(C(=O)O)C1. The zero-order valence-corrected chi connectivity index (χ0v) is 11.8. The molecule has 0 spiro atoms. The second kappa shape index (κ2) is 5.94. The first-order valence-corrected chi connectivity index (χ1v) is 6.89. The summed E-state index contributed by atoms with van der Waals surface area (Å²) in [4.78, 5) is 24.9. The summed E-state index contributed by atoms with van der Waals surface area (Å²) in [6.07, 6.45) is 0.838. The van der Waals surface area contributed by atoms with Crippen molar-refractivity contribution in [1.29, 1.82) is 0 Å². The predicted octanol–water partition coefficient (Wildman–Crippen LogP) is 2.43. The van der Waals surface area contributed by atoms with E-state index in [4.69, 9.17) is 5.11 Å². The van der Waals surface area contributed by atoms with Crippen molar-refractivity contribution in [3.05, 3.63) is 29.8 Å². The summed E-state index contributed by atoms with van der Waals surface area (Å²) in [6, 6.07) is 7.43. The van der Waals surface area contributed by atoms with E-state index in [1.807, 2.05) is 38.1 Å². The monoisotopic (exact) mass is 276 g/mol. The Balaban J connectivity index is 2.04. The molecule has 2 N–H and O–H groups in total. The Labute approximate surface area is 118 Å². The summed E-state index contributed by atoms with van der Waals surface area (Å²) in [5, 5.41) is 12.0. The number of benzene rings is 1. The number of nitrogens with one attached hydrogen (secondary N) is 1. The Morgan fingerprint density at radius 1 is 1.35 bits per heavy atom. The second-order valence-electron chi connectivity index (χ2n) is 5.27. The third kappa shape index (κ3) is 2.92. The van der Waals surface area contributed by atoms with Crippen molar-refractivity contribution in [2.24, 2.45) is 11.8 Å². The van der Waals surface area contributed by atoms with Crippen molar-refractivity contribution in [3.63, 3.8) is 0 Å². The minimum Gasteiger partial charge on any atom is -0.481 e. The van der Waals surface area contributed by atoms with E-state index in [1.165, 1.54) is 0 Å². The van der Waals surface area contributed by atoms with Crippen LogP contribution in [0.15, 0.2) is 24.3 Å². The number of hydrogen-bond donors (Lipinski definition) is 2. The number of carboxylic acids is 1. The maximum Gasteiger partial charge on any atom is 0.321 e. The van der Waals surface area contributed by atoms with Crippen molar-refractivity contribution in [3.8, 4) is 0 Å². The van der Waals surface area contributed by atoms with E-state index in [1.54, 1.807) is 4.90 Å². The number of para-hydroxylation sites is 1. The average molecular weight is 276 g/mol. The lowest BCUT2D eigenvalue weighted by Crippen LogP contribution is -2.34. The largest absolute Gasteiger partial charge is 0.481 e. The Bertz CT molecular complexity index is 516. The molecule has 1 aromatic carbocycles. The number of nitrogens with zero attached hydrogens (tertiary/aromatic N) is 1. The van der Waals surface area contributed by atoms with E-state index in [0.29, 0.717) is 6.54 Å². The number of likely N-dealkylation sites (tertiary alicyclic amines) is 1. The standard InChI is InChI=1S/C15H20N2O3/c1-3-11-6-4-5-7-13(11)16-15(20)17-8-10(2)12(9-17)14(18)19/h4-7,10,12H,3,8-9H2,1-2H3,(H,16,20)(H,18,19). The number of aliphatic carboxylic acids is 1. The normalized spacial score (nSPS) is 21.8. The van der Waals surface area contributed by atoms with Gasteiger partial charge in [-0.1, -0.05) is 32.0 Å². The molecule has 5 nitrogen and oxygen atoms in total. The molecule has 2 atom stereocenters. The van der Waals surface area contributed by atoms with Crippen LogP contribution in [0, 0.1) is 11.8 Å². The van der Waals surface area contributed by atoms with Gasteiger partial charge in [-0.15, -0.1) is 0 Å². The van der Waals surface area contributed by atoms with Gasteiger partial charge in [0.1, 0.15) is 0 Å². The van der Waals surface area contributed by atoms with Crippen LogP contribution >= 0.6 is 0 Å². The lowest BCUT2D eigenvalue weighted by Gasteiger charge is -2.18. The first-order valence-electron chi connectivity index (χ1n) is 6.89. The fraction of sp³-hybridized carbons (Fsp3) is 0.467. The molecule has 1 aliphatic heterocycles. The number of carboxylic acid groups (broad SMARTS) is 1. The Hall–Kier alpha value is -2.04. The topological polar surface area (TPSA) is 69.6 Å². The fourth-order valence-electron chi connectivity index (χ4n) is 2.60. The van der Waals surface area contributed by atoms with Crippen molar-refractivity contribution in [2.75, 3.05) is 18.4 Å². The van der Waals surface area contributed by atoms with Gasteiger partial charge in [0.05, 0.1) is 5.92 Å². The highest BCUT2D eigenvalue weighted by Crippen LogP contribution is 2.24. The molecule has 0 radical (unpaired) electrons. The molecular formula is C15H20N2O3. The minimum atomic E-state index is -0.832. The molecule has 2 amide bonds. The molecule has 1 heterocycles. The number of urea groups is 1. The van der Waals surface area contributed by atoms with Crippen LogP contribution in [0.4, 0.5) is 10.5 Å². The number of carbonyl (C=O) groups is 2. The van der Waals surface area contributed by atoms with Gasteiger partial charge in [-0.3, -0.25) is 4.79 Å². The summed E-state index contributed by atoms with van der Waals surface area (Å²) in [7, 11) is 0. The highest BCUT2D eigenvalue weighted by Gasteiger charge is 2.37. The zero-order chi connectivity index (χ0) is 14.7. The van der Waals surface area contributed by atoms with Crippen LogP contribution in [0.2, 0.25) is 0 Å². The molecule has 2 unspecified atom stereocenters. The molecule has 1 aliphatic rings. The molecule has 108 valence electrons. The molecule has 20 heavy (non-hydrogen) atoms. The Kier molecular flexibility index (Phi) is 4.27. The lowest BCUT2D eigenvalue weighted by molar-refractivity contribution is -0.142. The van der Waals surface area contributed by atoms with Gasteiger partial charge in [-0.25, -0.2) is 4.79 Å². The van der Waals surface area contributed by atoms with Gasteiger partial charge in [-0.2, -0.15) is 0 Å². The number of anilines is 1. The van der Waals surface area contributed by atoms with Gasteiger partial charge in [0.2, 0.25) is 0 Å². The first-order chi connectivity index (χ1) is 9.52. The molecule has 0 saturated carbocycles. The van der Waals surface area contributed by atoms with Gasteiger partial charge in [0, 0.05) is 18.8 Å². The first kappa shape index (κ1) is 14.4. The maximum absolute atomic E-state index is 12.2. The molecule has 0 aromatic heterocycles. The van der Waals surface area contributed by atoms with Gasteiger partial charge in [0.25, 0.3) is 0 Å². The highest BCUT2D eigenvalue weighted by molar-refractivity contribution is 5.91. The van der Waals surface area contributed by atoms with Crippen molar-refractivity contribution in [2.45, 2.75) is 20.3 Å². The smallest absolute Gasteiger partial charge is 0.321 e. The molecule has 5 heteroatoms. The van der Waals surface area contributed by atoms with E-state index in [0.717, 1.165) is 17.7 Å². The van der Waals surface area contributed by atoms with Gasteiger partial charge in [0.15, 0.2) is 0 Å². The minimum absolute atomic E-state index is 0.0142. The number of amides is 2. The van der Waals surface area contributed by atoms with Crippen LogP contribution in [0.25, 0.3) is 0 Å². The second-order valence-corrected chi connectivity index (χ2v) is 5.27. The third-order valence-corrected chi connectivity index (χ3v) is 3.86. The van der Waals surface area contributed by atoms with E-state index in [9.17, 15) is 9.59 Å². The third-order valence-electron chi connectivity index (χ3n) is 3.86. The molecule has 1 saturated heterocycles. The van der Waals surface area contributed by atoms with Crippen molar-refractivity contribution < 1.29 is 14.7 Å². The molecule has 2 rings (SSSR count). The van der Waals surface area contributed by atoms with E-state index in [-0.39, 0.29) is 18.5 Å². The molecule has 1 fully saturated rings. The van der Waals surface area contributed by atoms with Crippen LogP contribution in [0.5, 0.6) is 0 Å². The van der Waals surface area contributed by atoms with Crippen LogP contribution in [0.3, 0.4) is 0 Å². The predicted molar refractivity (Wildman–Crippen MR) is 76.7 cm³/mol. The molecule has 1 aromatic rings. The van der Waals surface area contributed by atoms with Crippen LogP contribution < -0.4 is 5.32 Å². The quantitative estimate of drug-likeness (QED) is 0.890. The zero-order valence-electron chi connectivity index (χ0n) is 11.8. The van der Waals surface area contributed by atoms with Gasteiger partial charge >= 0.3 is 12.0 Å².